The van der Waals surface area contributed by atoms with Crippen LogP contribution in [0.1, 0.15) is 22.5 Å². The van der Waals surface area contributed by atoms with E-state index in [0.29, 0.717) is 6.42 Å². The van der Waals surface area contributed by atoms with Crippen molar-refractivity contribution in [2.75, 3.05) is 7.11 Å². The second kappa shape index (κ2) is 6.54. The molecule has 0 aliphatic heterocycles. The maximum Gasteiger partial charge on any atom is 0.322 e. The average Bonchev–Trinajstić information content (AvgIpc) is 2.75. The average molecular weight is 287 g/mol. The number of nitrogens with two attached hydrogens (primary N) is 1. The van der Waals surface area contributed by atoms with Crippen molar-refractivity contribution in [1.29, 1.82) is 0 Å². The second-order valence-corrected chi connectivity index (χ2v) is 5.17. The van der Waals surface area contributed by atoms with Crippen LogP contribution in [0.15, 0.2) is 30.6 Å². The van der Waals surface area contributed by atoms with Crippen LogP contribution >= 0.6 is 0 Å². The number of carbonyl (C=O) groups excluding carboxylic acids is 1. The molecule has 2 aromatic rings. The van der Waals surface area contributed by atoms with Crippen molar-refractivity contribution < 1.29 is 9.53 Å². The Morgan fingerprint density at radius 1 is 1.38 bits per heavy atom. The van der Waals surface area contributed by atoms with Gasteiger partial charge in [0.2, 0.25) is 0 Å². The van der Waals surface area contributed by atoms with E-state index in [2.05, 4.69) is 27.3 Å². The van der Waals surface area contributed by atoms with Gasteiger partial charge in [0, 0.05) is 30.3 Å². The smallest absolute Gasteiger partial charge is 0.322 e. The third-order valence-electron chi connectivity index (χ3n) is 3.71. The number of rotatable bonds is 5. The molecule has 0 spiro atoms. The monoisotopic (exact) mass is 287 g/mol. The van der Waals surface area contributed by atoms with Gasteiger partial charge in [0.15, 0.2) is 0 Å². The van der Waals surface area contributed by atoms with Crippen LogP contribution in [-0.4, -0.2) is 28.7 Å². The van der Waals surface area contributed by atoms with Crippen LogP contribution in [0.5, 0.6) is 0 Å². The van der Waals surface area contributed by atoms with Gasteiger partial charge in [-0.2, -0.15) is 0 Å². The van der Waals surface area contributed by atoms with Gasteiger partial charge in [0.1, 0.15) is 6.04 Å². The van der Waals surface area contributed by atoms with Gasteiger partial charge >= 0.3 is 5.97 Å². The van der Waals surface area contributed by atoms with Crippen LogP contribution < -0.4 is 5.73 Å². The Morgan fingerprint density at radius 3 is 2.67 bits per heavy atom. The van der Waals surface area contributed by atoms with Gasteiger partial charge in [-0.05, 0) is 49.6 Å². The number of carbonyl (C=O) groups is 1. The highest BCUT2D eigenvalue weighted by molar-refractivity contribution is 5.75. The number of methoxy groups -OCH3 is 1. The maximum atomic E-state index is 11.4. The standard InChI is InChI=1S/C16H21N3O2/c1-11-8-14(9-15(17)16(20)21-3)12(2)19(11)10-13-4-6-18-7-5-13/h4-8,15H,9-10,17H2,1-3H3. The van der Waals surface area contributed by atoms with E-state index >= 15 is 0 Å². The van der Waals surface area contributed by atoms with E-state index in [0.717, 1.165) is 23.5 Å². The fourth-order valence-electron chi connectivity index (χ4n) is 2.46. The summed E-state index contributed by atoms with van der Waals surface area (Å²) < 4.78 is 6.90. The van der Waals surface area contributed by atoms with Gasteiger partial charge in [-0.3, -0.25) is 9.78 Å². The molecule has 0 bridgehead atoms. The predicted octanol–water partition coefficient (Wildman–Crippen LogP) is 1.59. The van der Waals surface area contributed by atoms with Crippen LogP contribution in [0.2, 0.25) is 0 Å². The number of hydrogen-bond acceptors (Lipinski definition) is 4. The lowest BCUT2D eigenvalue weighted by Crippen LogP contribution is -2.33. The van der Waals surface area contributed by atoms with Crippen LogP contribution in [0, 0.1) is 13.8 Å². The van der Waals surface area contributed by atoms with Crippen LogP contribution in [-0.2, 0) is 22.5 Å². The summed E-state index contributed by atoms with van der Waals surface area (Å²) in [7, 11) is 1.36. The largest absolute Gasteiger partial charge is 0.468 e. The summed E-state index contributed by atoms with van der Waals surface area (Å²) in [4.78, 5) is 15.5. The Bertz CT molecular complexity index is 620. The summed E-state index contributed by atoms with van der Waals surface area (Å²) in [5.41, 5.74) is 10.4. The molecule has 112 valence electrons. The lowest BCUT2D eigenvalue weighted by molar-refractivity contribution is -0.142. The van der Waals surface area contributed by atoms with Gasteiger partial charge in [-0.1, -0.05) is 0 Å². The second-order valence-electron chi connectivity index (χ2n) is 5.17. The molecule has 0 aromatic carbocycles. The molecule has 0 saturated carbocycles. The quantitative estimate of drug-likeness (QED) is 0.848. The van der Waals surface area contributed by atoms with Crippen molar-refractivity contribution in [2.24, 2.45) is 5.73 Å². The molecule has 2 N–H and O–H groups in total. The molecule has 2 aromatic heterocycles. The van der Waals surface area contributed by atoms with Crippen LogP contribution in [0.3, 0.4) is 0 Å². The number of hydrogen-bond donors (Lipinski definition) is 1. The van der Waals surface area contributed by atoms with Crippen LogP contribution in [0.25, 0.3) is 0 Å². The highest BCUT2D eigenvalue weighted by Gasteiger charge is 2.18. The number of pyridine rings is 1. The first kappa shape index (κ1) is 15.3. The fourth-order valence-corrected chi connectivity index (χ4v) is 2.46. The molecule has 1 atom stereocenters. The lowest BCUT2D eigenvalue weighted by Gasteiger charge is -2.11. The molecule has 0 saturated heterocycles. The first-order chi connectivity index (χ1) is 10.0. The SMILES string of the molecule is COC(=O)C(N)Cc1cc(C)n(Cc2ccncc2)c1C. The summed E-state index contributed by atoms with van der Waals surface area (Å²) >= 11 is 0. The molecular weight excluding hydrogens is 266 g/mol. The van der Waals surface area contributed by atoms with Gasteiger partial charge in [0.05, 0.1) is 7.11 Å². The molecule has 2 rings (SSSR count). The Kier molecular flexibility index (Phi) is 4.75. The number of ether oxygens (including phenoxy) is 1. The molecule has 5 nitrogen and oxygen atoms in total. The Balaban J connectivity index is 2.19. The van der Waals surface area contributed by atoms with E-state index < -0.39 is 6.04 Å². The molecule has 5 heteroatoms. The highest BCUT2D eigenvalue weighted by Crippen LogP contribution is 2.18. The summed E-state index contributed by atoms with van der Waals surface area (Å²) in [6.45, 7) is 4.89. The molecule has 21 heavy (non-hydrogen) atoms. The van der Waals surface area contributed by atoms with Crippen molar-refractivity contribution in [2.45, 2.75) is 32.9 Å². The van der Waals surface area contributed by atoms with E-state index in [-0.39, 0.29) is 5.97 Å². The van der Waals surface area contributed by atoms with Crippen molar-refractivity contribution in [3.05, 3.63) is 53.1 Å². The Hall–Kier alpha value is -2.14. The van der Waals surface area contributed by atoms with Crippen molar-refractivity contribution in [3.63, 3.8) is 0 Å². The van der Waals surface area contributed by atoms with E-state index in [9.17, 15) is 4.79 Å². The van der Waals surface area contributed by atoms with E-state index in [1.807, 2.05) is 19.1 Å². The summed E-state index contributed by atoms with van der Waals surface area (Å²) in [5.74, 6) is -0.381. The van der Waals surface area contributed by atoms with E-state index in [4.69, 9.17) is 5.73 Å². The minimum atomic E-state index is -0.620. The Labute approximate surface area is 124 Å². The van der Waals surface area contributed by atoms with Gasteiger partial charge < -0.3 is 15.0 Å². The molecule has 2 heterocycles. The van der Waals surface area contributed by atoms with Gasteiger partial charge in [-0.15, -0.1) is 0 Å². The number of aryl methyl sites for hydroxylation is 1. The van der Waals surface area contributed by atoms with Crippen molar-refractivity contribution in [3.8, 4) is 0 Å². The summed E-state index contributed by atoms with van der Waals surface area (Å²) in [5, 5.41) is 0. The minimum absolute atomic E-state index is 0.381. The third kappa shape index (κ3) is 3.49. The molecular formula is C16H21N3O2. The number of esters is 1. The topological polar surface area (TPSA) is 70.1 Å². The molecule has 0 amide bonds. The van der Waals surface area contributed by atoms with E-state index in [1.165, 1.54) is 12.7 Å². The third-order valence-corrected chi connectivity index (χ3v) is 3.71. The molecule has 0 aliphatic rings. The first-order valence-corrected chi connectivity index (χ1v) is 6.91. The predicted molar refractivity (Wildman–Crippen MR) is 80.9 cm³/mol. The molecule has 0 radical (unpaired) electrons. The van der Waals surface area contributed by atoms with Gasteiger partial charge in [-0.25, -0.2) is 0 Å². The highest BCUT2D eigenvalue weighted by atomic mass is 16.5. The molecule has 0 fully saturated rings. The number of nitrogens with zero attached hydrogens (tertiary/aromatic N) is 2. The van der Waals surface area contributed by atoms with Crippen molar-refractivity contribution >= 4 is 5.97 Å². The zero-order valence-corrected chi connectivity index (χ0v) is 12.7. The van der Waals surface area contributed by atoms with Crippen molar-refractivity contribution in [1.82, 2.24) is 9.55 Å². The fraction of sp³-hybridized carbons (Fsp3) is 0.375. The minimum Gasteiger partial charge on any atom is -0.468 e. The maximum absolute atomic E-state index is 11.4. The van der Waals surface area contributed by atoms with Crippen LogP contribution in [0.4, 0.5) is 0 Å². The summed E-state index contributed by atoms with van der Waals surface area (Å²) in [6, 6.07) is 5.46. The number of aromatic nitrogens is 2. The molecule has 1 unspecified atom stereocenters. The summed E-state index contributed by atoms with van der Waals surface area (Å²) in [6.07, 6.45) is 4.07. The van der Waals surface area contributed by atoms with E-state index in [1.54, 1.807) is 12.4 Å². The first-order valence-electron chi connectivity index (χ1n) is 6.91. The normalized spacial score (nSPS) is 12.2. The zero-order chi connectivity index (χ0) is 15.4. The Morgan fingerprint density at radius 2 is 2.05 bits per heavy atom. The van der Waals surface area contributed by atoms with Gasteiger partial charge in [0.25, 0.3) is 0 Å². The lowest BCUT2D eigenvalue weighted by atomic mass is 10.1. The molecule has 0 aliphatic carbocycles. The zero-order valence-electron chi connectivity index (χ0n) is 12.7.